The monoisotopic (exact) mass is 478 g/mol. The van der Waals surface area contributed by atoms with Gasteiger partial charge in [-0.2, -0.15) is 0 Å². The fourth-order valence-corrected chi connectivity index (χ4v) is 8.71. The Morgan fingerprint density at radius 1 is 1.30 bits per heavy atom. The van der Waals surface area contributed by atoms with E-state index in [2.05, 4.69) is 0 Å². The Kier molecular flexibility index (Phi) is 5.13. The van der Waals surface area contributed by atoms with Crippen molar-refractivity contribution in [2.45, 2.75) is 62.1 Å². The summed E-state index contributed by atoms with van der Waals surface area (Å²) in [5, 5.41) is 20.3. The van der Waals surface area contributed by atoms with Crippen molar-refractivity contribution in [3.63, 3.8) is 0 Å². The maximum absolute atomic E-state index is 15.5. The third kappa shape index (κ3) is 2.42. The Morgan fingerprint density at radius 3 is 2.53 bits per heavy atom. The van der Waals surface area contributed by atoms with Gasteiger partial charge in [0.05, 0.1) is 15.3 Å². The highest BCUT2D eigenvalue weighted by molar-refractivity contribution is 6.45. The minimum absolute atomic E-state index is 0.0157. The molecule has 2 N–H and O–H groups in total. The van der Waals surface area contributed by atoms with E-state index in [-0.39, 0.29) is 29.4 Å². The smallest absolute Gasteiger partial charge is 0.196 e. The van der Waals surface area contributed by atoms with Crippen LogP contribution < -0.4 is 0 Å². The minimum atomic E-state index is -1.77. The van der Waals surface area contributed by atoms with Gasteiger partial charge in [0.15, 0.2) is 11.6 Å². The van der Waals surface area contributed by atoms with E-state index in [0.29, 0.717) is 6.42 Å². The lowest BCUT2D eigenvalue weighted by atomic mass is 9.46. The van der Waals surface area contributed by atoms with Crippen molar-refractivity contribution in [2.24, 2.45) is 28.6 Å². The van der Waals surface area contributed by atoms with Crippen LogP contribution >= 0.6 is 34.8 Å². The number of Topliss-reactive ketones (excluding diaryl/α,β-unsaturated/α-hetero) is 1. The second-order valence-electron chi connectivity index (χ2n) is 9.92. The van der Waals surface area contributed by atoms with Crippen LogP contribution in [0.4, 0.5) is 4.39 Å². The summed E-state index contributed by atoms with van der Waals surface area (Å²) in [6.45, 7) is 4.56. The first-order valence-electron chi connectivity index (χ1n) is 10.3. The van der Waals surface area contributed by atoms with Gasteiger partial charge in [-0.15, -0.1) is 23.2 Å². The van der Waals surface area contributed by atoms with Crippen molar-refractivity contribution in [2.75, 3.05) is 6.61 Å². The zero-order chi connectivity index (χ0) is 22.4. The van der Waals surface area contributed by atoms with Gasteiger partial charge in [0.2, 0.25) is 0 Å². The molecule has 0 radical (unpaired) electrons. The van der Waals surface area contributed by atoms with Crippen LogP contribution in [-0.2, 0) is 9.59 Å². The highest BCUT2D eigenvalue weighted by Crippen LogP contribution is 2.72. The molecule has 0 heterocycles. The number of fused-ring (bicyclic) bond motifs is 5. The fourth-order valence-electron chi connectivity index (χ4n) is 7.24. The molecule has 0 aromatic carbocycles. The summed E-state index contributed by atoms with van der Waals surface area (Å²) in [6.07, 6.45) is 2.07. The Hall–Kier alpha value is -0.460. The van der Waals surface area contributed by atoms with E-state index in [1.807, 2.05) is 0 Å². The number of rotatable bonds is 2. The molecule has 3 saturated carbocycles. The summed E-state index contributed by atoms with van der Waals surface area (Å²) < 4.78 is 15.5. The molecule has 4 aliphatic carbocycles. The third-order valence-electron chi connectivity index (χ3n) is 8.79. The maximum atomic E-state index is 15.5. The summed E-state index contributed by atoms with van der Waals surface area (Å²) in [5.74, 6) is -2.28. The molecule has 0 unspecified atom stereocenters. The molecule has 0 spiro atoms. The van der Waals surface area contributed by atoms with E-state index in [9.17, 15) is 19.8 Å². The number of halogens is 4. The highest BCUT2D eigenvalue weighted by atomic mass is 35.5. The number of aliphatic hydroxyl groups is 2. The van der Waals surface area contributed by atoms with Crippen molar-refractivity contribution >= 4 is 46.4 Å². The van der Waals surface area contributed by atoms with Gasteiger partial charge in [0.1, 0.15) is 18.4 Å². The molecular weight excluding hydrogens is 454 g/mol. The zero-order valence-electron chi connectivity index (χ0n) is 17.1. The second-order valence-corrected chi connectivity index (χ2v) is 11.5. The molecule has 0 aromatic heterocycles. The number of carbonyl (C=O) groups is 2. The first kappa shape index (κ1) is 22.7. The molecule has 166 valence electrons. The Labute approximate surface area is 190 Å². The molecule has 9 atom stereocenters. The van der Waals surface area contributed by atoms with Crippen LogP contribution in [0.15, 0.2) is 22.8 Å². The number of hydrogen-bond donors (Lipinski definition) is 2. The van der Waals surface area contributed by atoms with Gasteiger partial charge in [0, 0.05) is 10.8 Å². The summed E-state index contributed by atoms with van der Waals surface area (Å²) in [4.78, 5) is 23.7. The summed E-state index contributed by atoms with van der Waals surface area (Å²) >= 11 is 20.4. The van der Waals surface area contributed by atoms with Crippen LogP contribution in [-0.4, -0.2) is 50.4 Å². The fraction of sp³-hybridized carbons (Fsp3) is 0.727. The lowest BCUT2D eigenvalue weighted by Gasteiger charge is -2.64. The molecule has 0 saturated heterocycles. The van der Waals surface area contributed by atoms with Crippen molar-refractivity contribution in [1.29, 1.82) is 0 Å². The lowest BCUT2D eigenvalue weighted by Crippen LogP contribution is -2.69. The number of allylic oxidation sites excluding steroid dienone is 4. The molecular formula is C22H26Cl3FO4. The topological polar surface area (TPSA) is 74.6 Å². The number of alkyl halides is 3. The molecule has 4 rings (SSSR count). The molecule has 0 aliphatic heterocycles. The number of carbonyl (C=O) groups excluding carboxylic acids is 2. The van der Waals surface area contributed by atoms with E-state index < -0.39 is 62.9 Å². The average Bonchev–Trinajstić information content (AvgIpc) is 2.87. The zero-order valence-corrected chi connectivity index (χ0v) is 19.4. The van der Waals surface area contributed by atoms with Crippen molar-refractivity contribution in [3.05, 3.63) is 22.8 Å². The SMILES string of the molecule is C[C@H]1C[C@H]2[C@@H]3C[C@@H](F)C4=CC(=O)C(Cl)=C[C@]4(C)[C@@]3(Cl)[C@@H](Cl)C[C@]2(C)[C@@]1(O)C(=O)CO. The van der Waals surface area contributed by atoms with E-state index in [1.165, 1.54) is 12.2 Å². The van der Waals surface area contributed by atoms with Crippen LogP contribution in [0.25, 0.3) is 0 Å². The van der Waals surface area contributed by atoms with Gasteiger partial charge < -0.3 is 10.2 Å². The average molecular weight is 480 g/mol. The van der Waals surface area contributed by atoms with E-state index in [0.717, 1.165) is 0 Å². The first-order valence-corrected chi connectivity index (χ1v) is 11.5. The number of aliphatic hydroxyl groups excluding tert-OH is 1. The van der Waals surface area contributed by atoms with E-state index in [1.54, 1.807) is 20.8 Å². The van der Waals surface area contributed by atoms with E-state index >= 15 is 4.39 Å². The van der Waals surface area contributed by atoms with Gasteiger partial charge in [-0.25, -0.2) is 4.39 Å². The molecule has 30 heavy (non-hydrogen) atoms. The van der Waals surface area contributed by atoms with E-state index in [4.69, 9.17) is 34.8 Å². The van der Waals surface area contributed by atoms with Crippen LogP contribution in [0.3, 0.4) is 0 Å². The van der Waals surface area contributed by atoms with Crippen molar-refractivity contribution in [3.8, 4) is 0 Å². The molecule has 0 aromatic rings. The van der Waals surface area contributed by atoms with Gasteiger partial charge in [-0.05, 0) is 54.7 Å². The Bertz CT molecular complexity index is 890. The van der Waals surface area contributed by atoms with Crippen molar-refractivity contribution < 1.29 is 24.2 Å². The summed E-state index contributed by atoms with van der Waals surface area (Å²) in [5.41, 5.74) is -3.53. The molecule has 4 nitrogen and oxygen atoms in total. The standard InChI is InChI=1S/C22H26Cl3FO4/c1-10-4-11-12-5-15(26)13-6-16(28)14(23)7-19(13,2)21(12,25)17(24)8-20(11,3)22(10,30)18(29)9-27/h6-7,10-12,15,17,27,30H,4-5,8-9H2,1-3H3/t10-,11-,12-,15+,17-,19-,20-,21-,22-/m0/s1. The molecule has 0 bridgehead atoms. The Morgan fingerprint density at radius 2 is 1.93 bits per heavy atom. The predicted octanol–water partition coefficient (Wildman–Crippen LogP) is 3.93. The number of hydrogen-bond acceptors (Lipinski definition) is 4. The van der Waals surface area contributed by atoms with Gasteiger partial charge in [0.25, 0.3) is 0 Å². The van der Waals surface area contributed by atoms with Crippen LogP contribution in [0.1, 0.15) is 40.0 Å². The second kappa shape index (κ2) is 6.77. The van der Waals surface area contributed by atoms with Gasteiger partial charge >= 0.3 is 0 Å². The predicted molar refractivity (Wildman–Crippen MR) is 113 cm³/mol. The maximum Gasteiger partial charge on any atom is 0.196 e. The molecule has 4 aliphatic rings. The summed E-state index contributed by atoms with van der Waals surface area (Å²) in [6, 6.07) is 0. The quantitative estimate of drug-likeness (QED) is 0.589. The molecule has 3 fully saturated rings. The van der Waals surface area contributed by atoms with Gasteiger partial charge in [-0.1, -0.05) is 32.4 Å². The van der Waals surface area contributed by atoms with Crippen LogP contribution in [0.5, 0.6) is 0 Å². The highest BCUT2D eigenvalue weighted by Gasteiger charge is 2.75. The van der Waals surface area contributed by atoms with Crippen molar-refractivity contribution in [1.82, 2.24) is 0 Å². The first-order chi connectivity index (χ1) is 13.8. The van der Waals surface area contributed by atoms with Gasteiger partial charge in [-0.3, -0.25) is 9.59 Å². The van der Waals surface area contributed by atoms with Crippen LogP contribution in [0.2, 0.25) is 0 Å². The Balaban J connectivity index is 1.89. The largest absolute Gasteiger partial charge is 0.388 e. The minimum Gasteiger partial charge on any atom is -0.388 e. The van der Waals surface area contributed by atoms with Crippen LogP contribution in [0, 0.1) is 28.6 Å². The molecule has 8 heteroatoms. The number of ketones is 2. The summed E-state index contributed by atoms with van der Waals surface area (Å²) in [7, 11) is 0. The lowest BCUT2D eigenvalue weighted by molar-refractivity contribution is -0.168. The third-order valence-corrected chi connectivity index (χ3v) is 10.6. The normalized spacial score (nSPS) is 52.7. The molecule has 0 amide bonds.